The number of carboxylic acids is 1. The molecule has 1 aliphatic heterocycles. The van der Waals surface area contributed by atoms with Crippen LogP contribution in [0.25, 0.3) is 11.1 Å². The van der Waals surface area contributed by atoms with Crippen LogP contribution >= 0.6 is 0 Å². The van der Waals surface area contributed by atoms with Gasteiger partial charge < -0.3 is 19.6 Å². The molecular weight excluding hydrogens is 416 g/mol. The number of hydrogen-bond acceptors (Lipinski definition) is 3. The fraction of sp³-hybridized carbons (Fsp3) is 0.481. The molecule has 1 saturated heterocycles. The predicted octanol–water partition coefficient (Wildman–Crippen LogP) is 4.64. The highest BCUT2D eigenvalue weighted by Crippen LogP contribution is 2.45. The van der Waals surface area contributed by atoms with Gasteiger partial charge in [0.2, 0.25) is 0 Å². The quantitative estimate of drug-likeness (QED) is 0.602. The number of aliphatic carboxylic acids is 1. The van der Waals surface area contributed by atoms with E-state index in [-0.39, 0.29) is 12.5 Å². The molecule has 6 heteroatoms. The maximum Gasteiger partial charge on any atom is 0.407 e. The van der Waals surface area contributed by atoms with Gasteiger partial charge in [-0.15, -0.1) is 0 Å². The largest absolute Gasteiger partial charge is 0.480 e. The number of alkyl carbamates (subject to hydrolysis) is 1. The molecule has 2 aromatic carbocycles. The third-order valence-corrected chi connectivity index (χ3v) is 7.64. The van der Waals surface area contributed by atoms with Crippen LogP contribution in [0.5, 0.6) is 0 Å². The number of likely N-dealkylation sites (tertiary alicyclic amines) is 1. The van der Waals surface area contributed by atoms with E-state index >= 15 is 0 Å². The van der Waals surface area contributed by atoms with Gasteiger partial charge in [-0.2, -0.15) is 0 Å². The summed E-state index contributed by atoms with van der Waals surface area (Å²) in [6, 6.07) is 15.4. The van der Waals surface area contributed by atoms with Gasteiger partial charge in [-0.3, -0.25) is 0 Å². The van der Waals surface area contributed by atoms with Gasteiger partial charge in [0, 0.05) is 24.2 Å². The van der Waals surface area contributed by atoms with Crippen LogP contribution in [0.4, 0.5) is 4.79 Å². The first-order valence-corrected chi connectivity index (χ1v) is 11.9. The van der Waals surface area contributed by atoms with E-state index in [1.807, 2.05) is 24.3 Å². The average molecular weight is 452 g/mol. The minimum Gasteiger partial charge on any atom is -0.480 e. The van der Waals surface area contributed by atoms with Gasteiger partial charge in [-0.25, -0.2) is 9.59 Å². The lowest BCUT2D eigenvalue weighted by Gasteiger charge is -2.47. The summed E-state index contributed by atoms with van der Waals surface area (Å²) in [6.45, 7) is 4.05. The molecule has 2 aliphatic rings. The molecule has 0 unspecified atom stereocenters. The smallest absolute Gasteiger partial charge is 0.407 e. The number of hydrogen-bond donors (Lipinski definition) is 2. The number of nitrogens with one attached hydrogen (secondary N) is 1. The van der Waals surface area contributed by atoms with Crippen molar-refractivity contribution in [2.24, 2.45) is 5.41 Å². The van der Waals surface area contributed by atoms with Crippen LogP contribution in [0.15, 0.2) is 48.5 Å². The summed E-state index contributed by atoms with van der Waals surface area (Å²) in [7, 11) is 4.34. The minimum absolute atomic E-state index is 0.0520. The zero-order chi connectivity index (χ0) is 23.6. The van der Waals surface area contributed by atoms with Crippen molar-refractivity contribution in [1.82, 2.24) is 5.32 Å². The monoisotopic (exact) mass is 451 g/mol. The number of carbonyl (C=O) groups is 2. The van der Waals surface area contributed by atoms with Gasteiger partial charge in [-0.1, -0.05) is 61.9 Å². The number of carbonyl (C=O) groups excluding carboxylic acids is 1. The zero-order valence-corrected chi connectivity index (χ0v) is 19.8. The molecule has 1 amide bonds. The SMILES string of the molecule is CCCC1([C@@H](NC(=O)OCC2c3ccccc3-c3ccccc32)C(=O)O)CC[N+](C)(C)CC1. The lowest BCUT2D eigenvalue weighted by molar-refractivity contribution is -0.897. The number of amides is 1. The van der Waals surface area contributed by atoms with Crippen molar-refractivity contribution in [3.8, 4) is 11.1 Å². The zero-order valence-electron chi connectivity index (χ0n) is 19.8. The van der Waals surface area contributed by atoms with Gasteiger partial charge in [0.25, 0.3) is 0 Å². The molecule has 33 heavy (non-hydrogen) atoms. The third kappa shape index (κ3) is 4.62. The number of nitrogens with zero attached hydrogens (tertiary/aromatic N) is 1. The molecule has 176 valence electrons. The molecule has 0 spiro atoms. The van der Waals surface area contributed by atoms with Crippen molar-refractivity contribution in [2.75, 3.05) is 33.8 Å². The molecule has 1 atom stereocenters. The van der Waals surface area contributed by atoms with Crippen molar-refractivity contribution in [3.05, 3.63) is 59.7 Å². The summed E-state index contributed by atoms with van der Waals surface area (Å²) in [5.74, 6) is -1.03. The Morgan fingerprint density at radius 1 is 1.06 bits per heavy atom. The van der Waals surface area contributed by atoms with Crippen LogP contribution in [-0.4, -0.2) is 61.5 Å². The summed E-state index contributed by atoms with van der Waals surface area (Å²) >= 11 is 0. The molecule has 0 aromatic heterocycles. The van der Waals surface area contributed by atoms with E-state index < -0.39 is 23.5 Å². The Morgan fingerprint density at radius 3 is 2.12 bits per heavy atom. The highest BCUT2D eigenvalue weighted by molar-refractivity contribution is 5.81. The molecule has 1 heterocycles. The Labute approximate surface area is 196 Å². The fourth-order valence-electron chi connectivity index (χ4n) is 5.70. The van der Waals surface area contributed by atoms with Gasteiger partial charge in [0.05, 0.1) is 27.2 Å². The minimum atomic E-state index is -0.982. The topological polar surface area (TPSA) is 75.6 Å². The molecule has 2 N–H and O–H groups in total. The van der Waals surface area contributed by atoms with E-state index in [4.69, 9.17) is 4.74 Å². The van der Waals surface area contributed by atoms with E-state index in [9.17, 15) is 14.7 Å². The number of ether oxygens (including phenoxy) is 1. The molecule has 4 rings (SSSR count). The number of benzene rings is 2. The van der Waals surface area contributed by atoms with E-state index in [1.165, 1.54) is 0 Å². The molecule has 0 bridgehead atoms. The molecule has 0 saturated carbocycles. The van der Waals surface area contributed by atoms with E-state index in [0.717, 1.165) is 65.5 Å². The van der Waals surface area contributed by atoms with E-state index in [0.29, 0.717) is 0 Å². The van der Waals surface area contributed by atoms with Crippen LogP contribution in [0.2, 0.25) is 0 Å². The summed E-state index contributed by atoms with van der Waals surface area (Å²) in [4.78, 5) is 25.1. The van der Waals surface area contributed by atoms with E-state index in [1.54, 1.807) is 0 Å². The Morgan fingerprint density at radius 2 is 1.61 bits per heavy atom. The maximum atomic E-state index is 12.9. The number of quaternary nitrogens is 1. The summed E-state index contributed by atoms with van der Waals surface area (Å²) in [5.41, 5.74) is 4.15. The Balaban J connectivity index is 1.48. The highest BCUT2D eigenvalue weighted by Gasteiger charge is 2.48. The maximum absolute atomic E-state index is 12.9. The van der Waals surface area contributed by atoms with Crippen LogP contribution in [0.1, 0.15) is 49.7 Å². The normalized spacial score (nSPS) is 19.2. The first-order valence-electron chi connectivity index (χ1n) is 11.9. The third-order valence-electron chi connectivity index (χ3n) is 7.64. The second kappa shape index (κ2) is 9.18. The van der Waals surface area contributed by atoms with Gasteiger partial charge in [0.15, 0.2) is 0 Å². The van der Waals surface area contributed by atoms with Crippen LogP contribution in [-0.2, 0) is 9.53 Å². The van der Waals surface area contributed by atoms with Crippen LogP contribution in [0, 0.1) is 5.41 Å². The summed E-state index contributed by atoms with van der Waals surface area (Å²) < 4.78 is 6.54. The summed E-state index contributed by atoms with van der Waals surface area (Å²) in [5, 5.41) is 12.8. The highest BCUT2D eigenvalue weighted by atomic mass is 16.5. The lowest BCUT2D eigenvalue weighted by atomic mass is 9.69. The van der Waals surface area contributed by atoms with E-state index in [2.05, 4.69) is 50.6 Å². The average Bonchev–Trinajstić information content (AvgIpc) is 3.11. The van der Waals surface area contributed by atoms with Crippen molar-refractivity contribution >= 4 is 12.1 Å². The fourth-order valence-corrected chi connectivity index (χ4v) is 5.70. The lowest BCUT2D eigenvalue weighted by Crippen LogP contribution is -2.59. The summed E-state index contributed by atoms with van der Waals surface area (Å²) in [6.07, 6.45) is 2.54. The Kier molecular flexibility index (Phi) is 6.48. The first-order chi connectivity index (χ1) is 15.8. The Hall–Kier alpha value is -2.86. The number of piperidine rings is 1. The van der Waals surface area contributed by atoms with Crippen molar-refractivity contribution in [1.29, 1.82) is 0 Å². The molecule has 1 fully saturated rings. The van der Waals surface area contributed by atoms with Gasteiger partial charge in [0.1, 0.15) is 12.6 Å². The first kappa shape index (κ1) is 23.3. The van der Waals surface area contributed by atoms with Gasteiger partial charge >= 0.3 is 12.1 Å². The number of rotatable bonds is 7. The van der Waals surface area contributed by atoms with Crippen molar-refractivity contribution in [2.45, 2.75) is 44.6 Å². The standard InChI is InChI=1S/C27H34N2O4/c1-4-13-27(14-16-29(2,3)17-15-27)24(25(30)31)28-26(32)33-18-23-21-11-7-5-9-19(21)20-10-6-8-12-22(20)23/h5-12,23-24H,4,13-18H2,1-3H3,(H-,28,30,31,32)/p+1/t24-/m0/s1. The second-order valence-corrected chi connectivity index (χ2v) is 10.2. The molecular formula is C27H35N2O4+. The molecule has 2 aromatic rings. The van der Waals surface area contributed by atoms with Crippen molar-refractivity contribution in [3.63, 3.8) is 0 Å². The van der Waals surface area contributed by atoms with Crippen LogP contribution in [0.3, 0.4) is 0 Å². The molecule has 1 aliphatic carbocycles. The predicted molar refractivity (Wildman–Crippen MR) is 128 cm³/mol. The Bertz CT molecular complexity index is 977. The molecule has 0 radical (unpaired) electrons. The molecule has 6 nitrogen and oxygen atoms in total. The van der Waals surface area contributed by atoms with Crippen LogP contribution < -0.4 is 5.32 Å². The number of fused-ring (bicyclic) bond motifs is 3. The van der Waals surface area contributed by atoms with Gasteiger partial charge in [-0.05, 0) is 28.7 Å². The number of carboxylic acid groups (broad SMARTS) is 1. The second-order valence-electron chi connectivity index (χ2n) is 10.2. The van der Waals surface area contributed by atoms with Crippen molar-refractivity contribution < 1.29 is 23.9 Å².